The molecular formula is C15H19N3O2. The van der Waals surface area contributed by atoms with Crippen LogP contribution in [0.3, 0.4) is 0 Å². The molecule has 0 radical (unpaired) electrons. The molecule has 0 bridgehead atoms. The summed E-state index contributed by atoms with van der Waals surface area (Å²) in [6, 6.07) is 8.38. The second-order valence-electron chi connectivity index (χ2n) is 4.85. The predicted molar refractivity (Wildman–Crippen MR) is 76.8 cm³/mol. The molecule has 20 heavy (non-hydrogen) atoms. The first-order valence-corrected chi connectivity index (χ1v) is 6.58. The second kappa shape index (κ2) is 6.34. The van der Waals surface area contributed by atoms with E-state index in [-0.39, 0.29) is 5.56 Å². The molecule has 1 aromatic heterocycles. The summed E-state index contributed by atoms with van der Waals surface area (Å²) in [5, 5.41) is 16.3. The summed E-state index contributed by atoms with van der Waals surface area (Å²) in [5.41, 5.74) is 3.49. The number of hydrogen-bond acceptors (Lipinski definition) is 3. The first kappa shape index (κ1) is 14.3. The van der Waals surface area contributed by atoms with Gasteiger partial charge in [0.15, 0.2) is 0 Å². The monoisotopic (exact) mass is 273 g/mol. The van der Waals surface area contributed by atoms with Crippen molar-refractivity contribution in [2.75, 3.05) is 6.54 Å². The van der Waals surface area contributed by atoms with E-state index >= 15 is 0 Å². The number of aromatic nitrogens is 2. The number of nitrogens with zero attached hydrogens (tertiary/aromatic N) is 2. The van der Waals surface area contributed by atoms with Gasteiger partial charge in [0.05, 0.1) is 11.9 Å². The maximum atomic E-state index is 11.0. The Balaban J connectivity index is 1.87. The minimum Gasteiger partial charge on any atom is -0.478 e. The zero-order chi connectivity index (χ0) is 14.5. The van der Waals surface area contributed by atoms with Crippen LogP contribution in [0.5, 0.6) is 0 Å². The smallest absolute Gasteiger partial charge is 0.339 e. The van der Waals surface area contributed by atoms with Crippen molar-refractivity contribution in [3.8, 4) is 0 Å². The van der Waals surface area contributed by atoms with Gasteiger partial charge in [0.1, 0.15) is 5.56 Å². The largest absolute Gasteiger partial charge is 0.478 e. The standard InChI is InChI=1S/C15H19N3O2/c1-11-4-3-5-12(8-11)6-7-16-10-14-13(15(19)20)9-17-18(14)2/h3-5,8-9,16H,6-7,10H2,1-2H3,(H,19,20). The van der Waals surface area contributed by atoms with Gasteiger partial charge in [-0.1, -0.05) is 29.8 Å². The molecule has 0 atom stereocenters. The van der Waals surface area contributed by atoms with Gasteiger partial charge in [-0.3, -0.25) is 4.68 Å². The summed E-state index contributed by atoms with van der Waals surface area (Å²) >= 11 is 0. The van der Waals surface area contributed by atoms with Gasteiger partial charge in [-0.15, -0.1) is 0 Å². The molecule has 0 saturated heterocycles. The van der Waals surface area contributed by atoms with Crippen LogP contribution in [0.2, 0.25) is 0 Å². The summed E-state index contributed by atoms with van der Waals surface area (Å²) in [4.78, 5) is 11.0. The second-order valence-corrected chi connectivity index (χ2v) is 4.85. The first-order chi connectivity index (χ1) is 9.58. The third-order valence-electron chi connectivity index (χ3n) is 3.26. The number of hydrogen-bond donors (Lipinski definition) is 2. The van der Waals surface area contributed by atoms with E-state index in [4.69, 9.17) is 5.11 Å². The maximum Gasteiger partial charge on any atom is 0.339 e. The topological polar surface area (TPSA) is 67.2 Å². The summed E-state index contributed by atoms with van der Waals surface area (Å²) in [6.07, 6.45) is 2.31. The van der Waals surface area contributed by atoms with E-state index in [2.05, 4.69) is 35.5 Å². The number of carbonyl (C=O) groups is 1. The normalized spacial score (nSPS) is 10.7. The number of carboxylic acid groups (broad SMARTS) is 1. The van der Waals surface area contributed by atoms with E-state index < -0.39 is 5.97 Å². The van der Waals surface area contributed by atoms with Crippen LogP contribution in [-0.2, 0) is 20.0 Å². The van der Waals surface area contributed by atoms with Crippen molar-refractivity contribution in [1.29, 1.82) is 0 Å². The predicted octanol–water partition coefficient (Wildman–Crippen LogP) is 1.76. The van der Waals surface area contributed by atoms with Gasteiger partial charge < -0.3 is 10.4 Å². The van der Waals surface area contributed by atoms with Crippen LogP contribution in [0.15, 0.2) is 30.5 Å². The van der Waals surface area contributed by atoms with E-state index in [1.807, 2.05) is 6.07 Å². The molecule has 106 valence electrons. The number of nitrogens with one attached hydrogen (secondary N) is 1. The molecule has 5 heteroatoms. The van der Waals surface area contributed by atoms with Crippen LogP contribution in [0.1, 0.15) is 27.2 Å². The Bertz CT molecular complexity index is 605. The SMILES string of the molecule is Cc1cccc(CCNCc2c(C(=O)O)cnn2C)c1. The number of carboxylic acids is 1. The van der Waals surface area contributed by atoms with E-state index in [9.17, 15) is 4.79 Å². The Labute approximate surface area is 118 Å². The Morgan fingerprint density at radius 1 is 1.45 bits per heavy atom. The number of aromatic carboxylic acids is 1. The van der Waals surface area contributed by atoms with Crippen molar-refractivity contribution in [3.05, 3.63) is 52.8 Å². The van der Waals surface area contributed by atoms with E-state index in [1.54, 1.807) is 11.7 Å². The number of rotatable bonds is 6. The quantitative estimate of drug-likeness (QED) is 0.787. The molecule has 0 spiro atoms. The summed E-state index contributed by atoms with van der Waals surface area (Å²) in [6.45, 7) is 3.38. The first-order valence-electron chi connectivity index (χ1n) is 6.58. The van der Waals surface area contributed by atoms with E-state index in [1.165, 1.54) is 17.3 Å². The zero-order valence-electron chi connectivity index (χ0n) is 11.8. The Morgan fingerprint density at radius 3 is 2.95 bits per heavy atom. The summed E-state index contributed by atoms with van der Waals surface area (Å²) in [7, 11) is 1.75. The molecule has 0 unspecified atom stereocenters. The minimum absolute atomic E-state index is 0.260. The van der Waals surface area contributed by atoms with E-state index in [0.29, 0.717) is 12.2 Å². The van der Waals surface area contributed by atoms with Gasteiger partial charge in [0, 0.05) is 13.6 Å². The molecule has 2 aromatic rings. The average molecular weight is 273 g/mol. The number of benzene rings is 1. The number of aryl methyl sites for hydroxylation is 2. The van der Waals surface area contributed by atoms with Crippen molar-refractivity contribution < 1.29 is 9.90 Å². The van der Waals surface area contributed by atoms with Gasteiger partial charge in [0.2, 0.25) is 0 Å². The molecule has 2 rings (SSSR count). The lowest BCUT2D eigenvalue weighted by Gasteiger charge is -2.07. The fourth-order valence-electron chi connectivity index (χ4n) is 2.16. The molecule has 5 nitrogen and oxygen atoms in total. The Kier molecular flexibility index (Phi) is 4.53. The van der Waals surface area contributed by atoms with Crippen LogP contribution >= 0.6 is 0 Å². The van der Waals surface area contributed by atoms with Gasteiger partial charge in [-0.25, -0.2) is 4.79 Å². The minimum atomic E-state index is -0.936. The third-order valence-corrected chi connectivity index (χ3v) is 3.26. The van der Waals surface area contributed by atoms with Crippen molar-refractivity contribution in [3.63, 3.8) is 0 Å². The molecule has 0 saturated carbocycles. The van der Waals surface area contributed by atoms with E-state index in [0.717, 1.165) is 13.0 Å². The van der Waals surface area contributed by atoms with Crippen LogP contribution < -0.4 is 5.32 Å². The van der Waals surface area contributed by atoms with Crippen molar-refractivity contribution >= 4 is 5.97 Å². The highest BCUT2D eigenvalue weighted by Crippen LogP contribution is 2.07. The van der Waals surface area contributed by atoms with Crippen molar-refractivity contribution in [1.82, 2.24) is 15.1 Å². The average Bonchev–Trinajstić information content (AvgIpc) is 2.76. The molecule has 1 heterocycles. The molecule has 1 aromatic carbocycles. The fraction of sp³-hybridized carbons (Fsp3) is 0.333. The highest BCUT2D eigenvalue weighted by atomic mass is 16.4. The van der Waals surface area contributed by atoms with Gasteiger partial charge in [-0.2, -0.15) is 5.10 Å². The Morgan fingerprint density at radius 2 is 2.25 bits per heavy atom. The molecule has 0 amide bonds. The highest BCUT2D eigenvalue weighted by molar-refractivity contribution is 5.88. The maximum absolute atomic E-state index is 11.0. The highest BCUT2D eigenvalue weighted by Gasteiger charge is 2.14. The summed E-state index contributed by atoms with van der Waals surface area (Å²) in [5.74, 6) is -0.936. The van der Waals surface area contributed by atoms with Crippen molar-refractivity contribution in [2.24, 2.45) is 7.05 Å². The van der Waals surface area contributed by atoms with Crippen LogP contribution in [0.25, 0.3) is 0 Å². The molecule has 0 aliphatic heterocycles. The lowest BCUT2D eigenvalue weighted by atomic mass is 10.1. The molecular weight excluding hydrogens is 254 g/mol. The lowest BCUT2D eigenvalue weighted by Crippen LogP contribution is -2.20. The lowest BCUT2D eigenvalue weighted by molar-refractivity contribution is 0.0695. The molecule has 2 N–H and O–H groups in total. The van der Waals surface area contributed by atoms with Crippen LogP contribution in [0.4, 0.5) is 0 Å². The molecule has 0 fully saturated rings. The molecule has 0 aliphatic carbocycles. The zero-order valence-corrected chi connectivity index (χ0v) is 11.8. The third kappa shape index (κ3) is 3.45. The van der Waals surface area contributed by atoms with Crippen LogP contribution in [-0.4, -0.2) is 27.4 Å². The fourth-order valence-corrected chi connectivity index (χ4v) is 2.16. The summed E-state index contributed by atoms with van der Waals surface area (Å²) < 4.78 is 1.60. The van der Waals surface area contributed by atoms with Gasteiger partial charge in [-0.05, 0) is 25.5 Å². The Hall–Kier alpha value is -2.14. The molecule has 0 aliphatic rings. The van der Waals surface area contributed by atoms with Crippen LogP contribution in [0, 0.1) is 6.92 Å². The van der Waals surface area contributed by atoms with Crippen molar-refractivity contribution in [2.45, 2.75) is 19.9 Å². The van der Waals surface area contributed by atoms with Gasteiger partial charge in [0.25, 0.3) is 0 Å². The van der Waals surface area contributed by atoms with Gasteiger partial charge >= 0.3 is 5.97 Å².